The third-order valence-corrected chi connectivity index (χ3v) is 4.23. The van der Waals surface area contributed by atoms with Crippen LogP contribution in [0.1, 0.15) is 34.8 Å². The highest BCUT2D eigenvalue weighted by atomic mass is 16.1. The van der Waals surface area contributed by atoms with Crippen LogP contribution in [0.3, 0.4) is 0 Å². The average molecular weight is 265 g/mol. The van der Waals surface area contributed by atoms with Crippen molar-refractivity contribution >= 4 is 5.91 Å². The first-order valence-corrected chi connectivity index (χ1v) is 7.17. The first-order valence-electron chi connectivity index (χ1n) is 7.17. The van der Waals surface area contributed by atoms with E-state index in [1.165, 1.54) is 5.56 Å². The van der Waals surface area contributed by atoms with Gasteiger partial charge in [-0.3, -0.25) is 4.79 Å². The molecule has 1 amide bonds. The van der Waals surface area contributed by atoms with Gasteiger partial charge in [0.15, 0.2) is 0 Å². The lowest BCUT2D eigenvalue weighted by atomic mass is 9.78. The van der Waals surface area contributed by atoms with Gasteiger partial charge in [0.1, 0.15) is 0 Å². The van der Waals surface area contributed by atoms with Gasteiger partial charge in [-0.1, -0.05) is 55.5 Å². The lowest BCUT2D eigenvalue weighted by molar-refractivity contribution is 0.0874. The molecule has 2 nitrogen and oxygen atoms in total. The fourth-order valence-electron chi connectivity index (χ4n) is 3.04. The minimum absolute atomic E-state index is 0.0598. The van der Waals surface area contributed by atoms with Gasteiger partial charge in [-0.2, -0.15) is 0 Å². The van der Waals surface area contributed by atoms with Gasteiger partial charge in [-0.05, 0) is 36.5 Å². The lowest BCUT2D eigenvalue weighted by Crippen LogP contribution is -2.54. The molecule has 3 rings (SSSR count). The van der Waals surface area contributed by atoms with Crippen molar-refractivity contribution in [1.29, 1.82) is 0 Å². The van der Waals surface area contributed by atoms with E-state index in [4.69, 9.17) is 0 Å². The Labute approximate surface area is 119 Å². The summed E-state index contributed by atoms with van der Waals surface area (Å²) < 4.78 is 0. The van der Waals surface area contributed by atoms with E-state index in [9.17, 15) is 4.79 Å². The predicted molar refractivity (Wildman–Crippen MR) is 80.8 cm³/mol. The smallest absolute Gasteiger partial charge is 0.252 e. The number of amides is 1. The monoisotopic (exact) mass is 265 g/mol. The summed E-state index contributed by atoms with van der Waals surface area (Å²) in [7, 11) is 0. The molecule has 1 aliphatic heterocycles. The molecule has 0 saturated carbocycles. The summed E-state index contributed by atoms with van der Waals surface area (Å²) in [6.07, 6.45) is 2.71. The Morgan fingerprint density at radius 2 is 1.75 bits per heavy atom. The third-order valence-electron chi connectivity index (χ3n) is 4.23. The molecule has 0 radical (unpaired) electrons. The van der Waals surface area contributed by atoms with Gasteiger partial charge >= 0.3 is 0 Å². The summed E-state index contributed by atoms with van der Waals surface area (Å²) in [6, 6.07) is 18.3. The molecule has 2 aromatic rings. The van der Waals surface area contributed by atoms with Crippen LogP contribution in [0.15, 0.2) is 54.6 Å². The number of fused-ring (bicyclic) bond motifs is 1. The fourth-order valence-corrected chi connectivity index (χ4v) is 3.04. The molecule has 0 saturated heterocycles. The van der Waals surface area contributed by atoms with Crippen molar-refractivity contribution < 1.29 is 4.79 Å². The van der Waals surface area contributed by atoms with Gasteiger partial charge in [-0.25, -0.2) is 0 Å². The minimum atomic E-state index is -0.160. The van der Waals surface area contributed by atoms with Gasteiger partial charge in [0.25, 0.3) is 5.91 Å². The van der Waals surface area contributed by atoms with E-state index in [-0.39, 0.29) is 11.4 Å². The number of rotatable bonds is 3. The predicted octanol–water partition coefficient (Wildman–Crippen LogP) is 3.36. The highest BCUT2D eigenvalue weighted by molar-refractivity contribution is 5.97. The van der Waals surface area contributed by atoms with Crippen LogP contribution in [0.4, 0.5) is 0 Å². The summed E-state index contributed by atoms with van der Waals surface area (Å²) in [6.45, 7) is 2.15. The first-order chi connectivity index (χ1) is 9.72. The van der Waals surface area contributed by atoms with Gasteiger partial charge in [0, 0.05) is 11.1 Å². The fraction of sp³-hybridized carbons (Fsp3) is 0.278. The zero-order chi connectivity index (χ0) is 14.0. The molecule has 0 spiro atoms. The van der Waals surface area contributed by atoms with Gasteiger partial charge in [0.05, 0.1) is 0 Å². The Hall–Kier alpha value is -2.09. The van der Waals surface area contributed by atoms with Crippen molar-refractivity contribution in [3.63, 3.8) is 0 Å². The Balaban J connectivity index is 1.93. The second-order valence-corrected chi connectivity index (χ2v) is 5.58. The summed E-state index contributed by atoms with van der Waals surface area (Å²) in [5.41, 5.74) is 3.10. The molecule has 2 aromatic carbocycles. The summed E-state index contributed by atoms with van der Waals surface area (Å²) in [5, 5.41) is 3.25. The molecule has 1 aliphatic rings. The van der Waals surface area contributed by atoms with Crippen molar-refractivity contribution in [3.05, 3.63) is 71.3 Å². The molecule has 1 N–H and O–H groups in total. The van der Waals surface area contributed by atoms with E-state index < -0.39 is 0 Å². The van der Waals surface area contributed by atoms with Crippen LogP contribution in [-0.2, 0) is 12.8 Å². The molecular weight excluding hydrogens is 246 g/mol. The number of nitrogens with one attached hydrogen (secondary N) is 1. The second kappa shape index (κ2) is 5.12. The molecule has 0 aromatic heterocycles. The Kier molecular flexibility index (Phi) is 3.31. The number of hydrogen-bond acceptors (Lipinski definition) is 1. The highest BCUT2D eigenvalue weighted by Gasteiger charge is 2.36. The summed E-state index contributed by atoms with van der Waals surface area (Å²) >= 11 is 0. The summed E-state index contributed by atoms with van der Waals surface area (Å²) in [5.74, 6) is 0.0598. The quantitative estimate of drug-likeness (QED) is 0.906. The van der Waals surface area contributed by atoms with Crippen molar-refractivity contribution in [1.82, 2.24) is 5.32 Å². The molecule has 1 heterocycles. The number of benzene rings is 2. The van der Waals surface area contributed by atoms with E-state index in [0.717, 1.165) is 30.4 Å². The molecule has 102 valence electrons. The van der Waals surface area contributed by atoms with Crippen molar-refractivity contribution in [2.24, 2.45) is 0 Å². The maximum atomic E-state index is 12.3. The van der Waals surface area contributed by atoms with Crippen LogP contribution in [0.25, 0.3) is 0 Å². The maximum Gasteiger partial charge on any atom is 0.252 e. The standard InChI is InChI=1S/C18H19NO/c1-2-18(12-14-8-4-3-5-9-14)13-15-10-6-7-11-16(15)17(20)19-18/h3-11H,2,12-13H2,1H3,(H,19,20)/t18-/m0/s1. The molecule has 0 aliphatic carbocycles. The Bertz CT molecular complexity index is 620. The number of hydrogen-bond donors (Lipinski definition) is 1. The molecule has 0 bridgehead atoms. The van der Waals surface area contributed by atoms with Crippen LogP contribution in [0.2, 0.25) is 0 Å². The maximum absolute atomic E-state index is 12.3. The Morgan fingerprint density at radius 3 is 2.50 bits per heavy atom. The van der Waals surface area contributed by atoms with Crippen LogP contribution < -0.4 is 5.32 Å². The van der Waals surface area contributed by atoms with Crippen molar-refractivity contribution in [3.8, 4) is 0 Å². The largest absolute Gasteiger partial charge is 0.346 e. The zero-order valence-corrected chi connectivity index (χ0v) is 11.7. The van der Waals surface area contributed by atoms with Crippen LogP contribution >= 0.6 is 0 Å². The van der Waals surface area contributed by atoms with Crippen LogP contribution in [0, 0.1) is 0 Å². The molecule has 2 heteroatoms. The number of carbonyl (C=O) groups excluding carboxylic acids is 1. The molecule has 20 heavy (non-hydrogen) atoms. The van der Waals surface area contributed by atoms with Crippen LogP contribution in [-0.4, -0.2) is 11.4 Å². The van der Waals surface area contributed by atoms with Crippen molar-refractivity contribution in [2.45, 2.75) is 31.7 Å². The first kappa shape index (κ1) is 12.9. The molecule has 0 fully saturated rings. The second-order valence-electron chi connectivity index (χ2n) is 5.58. The molecular formula is C18H19NO. The highest BCUT2D eigenvalue weighted by Crippen LogP contribution is 2.28. The summed E-state index contributed by atoms with van der Waals surface area (Å²) in [4.78, 5) is 12.3. The minimum Gasteiger partial charge on any atom is -0.346 e. The zero-order valence-electron chi connectivity index (χ0n) is 11.7. The lowest BCUT2D eigenvalue weighted by Gasteiger charge is -2.38. The average Bonchev–Trinajstić information content (AvgIpc) is 2.48. The van der Waals surface area contributed by atoms with E-state index in [1.54, 1.807) is 0 Å². The topological polar surface area (TPSA) is 29.1 Å². The van der Waals surface area contributed by atoms with E-state index >= 15 is 0 Å². The molecule has 1 atom stereocenters. The van der Waals surface area contributed by atoms with Crippen molar-refractivity contribution in [2.75, 3.05) is 0 Å². The van der Waals surface area contributed by atoms with E-state index in [0.29, 0.717) is 0 Å². The van der Waals surface area contributed by atoms with Gasteiger partial charge in [-0.15, -0.1) is 0 Å². The third kappa shape index (κ3) is 2.34. The number of carbonyl (C=O) groups is 1. The van der Waals surface area contributed by atoms with Gasteiger partial charge < -0.3 is 5.32 Å². The molecule has 0 unspecified atom stereocenters. The SMILES string of the molecule is CC[C@]1(Cc2ccccc2)Cc2ccccc2C(=O)N1. The van der Waals surface area contributed by atoms with Crippen LogP contribution in [0.5, 0.6) is 0 Å². The van der Waals surface area contributed by atoms with E-state index in [2.05, 4.69) is 42.6 Å². The normalized spacial score (nSPS) is 21.1. The van der Waals surface area contributed by atoms with E-state index in [1.807, 2.05) is 24.3 Å². The van der Waals surface area contributed by atoms with Gasteiger partial charge in [0.2, 0.25) is 0 Å². The Morgan fingerprint density at radius 1 is 1.05 bits per heavy atom.